The highest BCUT2D eigenvalue weighted by atomic mass is 35.5. The summed E-state index contributed by atoms with van der Waals surface area (Å²) >= 11 is 7.54. The maximum Gasteiger partial charge on any atom is 0.0931 e. The Hall–Kier alpha value is -0.0500. The lowest BCUT2D eigenvalue weighted by atomic mass is 9.93. The summed E-state index contributed by atoms with van der Waals surface area (Å²) in [6.45, 7) is 2.15. The molecule has 0 aliphatic heterocycles. The molecule has 1 aromatic rings. The van der Waals surface area contributed by atoms with Gasteiger partial charge in [-0.3, -0.25) is 0 Å². The molecule has 14 heavy (non-hydrogen) atoms. The second-order valence-corrected chi connectivity index (χ2v) is 5.97. The van der Waals surface area contributed by atoms with E-state index >= 15 is 0 Å². The van der Waals surface area contributed by atoms with Gasteiger partial charge in [-0.1, -0.05) is 18.5 Å². The summed E-state index contributed by atoms with van der Waals surface area (Å²) in [7, 11) is 0. The molecule has 0 bridgehead atoms. The summed E-state index contributed by atoms with van der Waals surface area (Å²) in [6, 6.07) is 4.06. The standard InChI is InChI=1S/C11H15ClOS/c1-7-8(2-4-10(7)13)6-9-3-5-11(12)14-9/h3,5,7-8,10,13H,2,4,6H2,1H3. The summed E-state index contributed by atoms with van der Waals surface area (Å²) in [5.74, 6) is 1.08. The van der Waals surface area contributed by atoms with E-state index in [0.717, 1.165) is 23.6 Å². The van der Waals surface area contributed by atoms with Gasteiger partial charge in [0.25, 0.3) is 0 Å². The van der Waals surface area contributed by atoms with Crippen LogP contribution in [0.2, 0.25) is 4.34 Å². The highest BCUT2D eigenvalue weighted by Crippen LogP contribution is 2.36. The number of rotatable bonds is 2. The molecule has 1 nitrogen and oxygen atoms in total. The van der Waals surface area contributed by atoms with Crippen LogP contribution < -0.4 is 0 Å². The molecule has 0 radical (unpaired) electrons. The monoisotopic (exact) mass is 230 g/mol. The minimum atomic E-state index is -0.0876. The molecule has 1 N–H and O–H groups in total. The van der Waals surface area contributed by atoms with Crippen LogP contribution in [-0.2, 0) is 6.42 Å². The molecule has 2 rings (SSSR count). The van der Waals surface area contributed by atoms with Gasteiger partial charge in [0.1, 0.15) is 0 Å². The van der Waals surface area contributed by atoms with Gasteiger partial charge in [0, 0.05) is 4.88 Å². The van der Waals surface area contributed by atoms with Crippen molar-refractivity contribution in [1.82, 2.24) is 0 Å². The Morgan fingerprint density at radius 3 is 2.79 bits per heavy atom. The van der Waals surface area contributed by atoms with Crippen LogP contribution >= 0.6 is 22.9 Å². The number of hydrogen-bond donors (Lipinski definition) is 1. The van der Waals surface area contributed by atoms with E-state index in [1.165, 1.54) is 4.88 Å². The smallest absolute Gasteiger partial charge is 0.0931 e. The number of aliphatic hydroxyl groups excluding tert-OH is 1. The summed E-state index contributed by atoms with van der Waals surface area (Å²) in [5, 5.41) is 9.63. The molecule has 0 saturated heterocycles. The maximum atomic E-state index is 9.63. The highest BCUT2D eigenvalue weighted by molar-refractivity contribution is 7.16. The van der Waals surface area contributed by atoms with Crippen LogP contribution in [0.25, 0.3) is 0 Å². The molecule has 1 aliphatic rings. The van der Waals surface area contributed by atoms with Crippen molar-refractivity contribution in [2.45, 2.75) is 32.3 Å². The first kappa shape index (κ1) is 10.5. The van der Waals surface area contributed by atoms with Crippen molar-refractivity contribution in [2.75, 3.05) is 0 Å². The van der Waals surface area contributed by atoms with Crippen molar-refractivity contribution < 1.29 is 5.11 Å². The Morgan fingerprint density at radius 1 is 1.50 bits per heavy atom. The highest BCUT2D eigenvalue weighted by Gasteiger charge is 2.31. The molecular formula is C11H15ClOS. The van der Waals surface area contributed by atoms with Gasteiger partial charge in [0.05, 0.1) is 10.4 Å². The van der Waals surface area contributed by atoms with E-state index in [0.29, 0.717) is 11.8 Å². The van der Waals surface area contributed by atoms with Crippen LogP contribution in [0.4, 0.5) is 0 Å². The van der Waals surface area contributed by atoms with E-state index in [2.05, 4.69) is 13.0 Å². The minimum Gasteiger partial charge on any atom is -0.393 e. The summed E-state index contributed by atoms with van der Waals surface area (Å²) < 4.78 is 0.867. The predicted molar refractivity (Wildman–Crippen MR) is 60.9 cm³/mol. The topological polar surface area (TPSA) is 20.2 Å². The molecular weight excluding hydrogens is 216 g/mol. The van der Waals surface area contributed by atoms with Crippen LogP contribution in [0.3, 0.4) is 0 Å². The largest absolute Gasteiger partial charge is 0.393 e. The van der Waals surface area contributed by atoms with Gasteiger partial charge in [0.15, 0.2) is 0 Å². The van der Waals surface area contributed by atoms with E-state index in [1.54, 1.807) is 11.3 Å². The lowest BCUT2D eigenvalue weighted by molar-refractivity contribution is 0.127. The van der Waals surface area contributed by atoms with Gasteiger partial charge in [-0.15, -0.1) is 11.3 Å². The zero-order chi connectivity index (χ0) is 10.1. The second-order valence-electron chi connectivity index (χ2n) is 4.17. The van der Waals surface area contributed by atoms with Gasteiger partial charge in [-0.25, -0.2) is 0 Å². The normalized spacial score (nSPS) is 32.4. The van der Waals surface area contributed by atoms with E-state index in [-0.39, 0.29) is 6.10 Å². The average molecular weight is 231 g/mol. The van der Waals surface area contributed by atoms with Crippen molar-refractivity contribution in [3.05, 3.63) is 21.3 Å². The molecule has 1 aliphatic carbocycles. The quantitative estimate of drug-likeness (QED) is 0.826. The Bertz CT molecular complexity index is 310. The molecule has 0 amide bonds. The molecule has 0 aromatic carbocycles. The van der Waals surface area contributed by atoms with Gasteiger partial charge in [0.2, 0.25) is 0 Å². The Kier molecular flexibility index (Phi) is 3.15. The zero-order valence-corrected chi connectivity index (χ0v) is 9.81. The summed E-state index contributed by atoms with van der Waals surface area (Å²) in [4.78, 5) is 1.35. The zero-order valence-electron chi connectivity index (χ0n) is 8.24. The molecule has 1 fully saturated rings. The second kappa shape index (κ2) is 4.21. The van der Waals surface area contributed by atoms with Crippen molar-refractivity contribution in [3.8, 4) is 0 Å². The molecule has 3 unspecified atom stereocenters. The summed E-state index contributed by atoms with van der Waals surface area (Å²) in [5.41, 5.74) is 0. The third kappa shape index (κ3) is 2.13. The SMILES string of the molecule is CC1C(O)CCC1Cc1ccc(Cl)s1. The number of hydrogen-bond acceptors (Lipinski definition) is 2. The molecule has 3 atom stereocenters. The molecule has 78 valence electrons. The van der Waals surface area contributed by atoms with E-state index in [1.807, 2.05) is 6.07 Å². The molecule has 3 heteroatoms. The van der Waals surface area contributed by atoms with Crippen LogP contribution in [0.15, 0.2) is 12.1 Å². The molecule has 0 spiro atoms. The third-order valence-corrected chi connectivity index (χ3v) is 4.53. The first-order valence-electron chi connectivity index (χ1n) is 5.09. The fourth-order valence-corrected chi connectivity index (χ4v) is 3.41. The molecule has 1 saturated carbocycles. The number of aliphatic hydroxyl groups is 1. The average Bonchev–Trinajstić information content (AvgIpc) is 2.67. The minimum absolute atomic E-state index is 0.0876. The van der Waals surface area contributed by atoms with E-state index in [4.69, 9.17) is 11.6 Å². The Morgan fingerprint density at radius 2 is 2.29 bits per heavy atom. The lowest BCUT2D eigenvalue weighted by Gasteiger charge is -2.16. The van der Waals surface area contributed by atoms with Gasteiger partial charge >= 0.3 is 0 Å². The fraction of sp³-hybridized carbons (Fsp3) is 0.636. The fourth-order valence-electron chi connectivity index (χ4n) is 2.23. The van der Waals surface area contributed by atoms with Crippen molar-refractivity contribution in [1.29, 1.82) is 0 Å². The van der Waals surface area contributed by atoms with Crippen molar-refractivity contribution in [2.24, 2.45) is 11.8 Å². The van der Waals surface area contributed by atoms with Crippen LogP contribution in [0.5, 0.6) is 0 Å². The van der Waals surface area contributed by atoms with Crippen molar-refractivity contribution in [3.63, 3.8) is 0 Å². The first-order valence-corrected chi connectivity index (χ1v) is 6.28. The van der Waals surface area contributed by atoms with Gasteiger partial charge in [-0.2, -0.15) is 0 Å². The first-order chi connectivity index (χ1) is 6.66. The number of halogens is 1. The van der Waals surface area contributed by atoms with Crippen LogP contribution in [-0.4, -0.2) is 11.2 Å². The summed E-state index contributed by atoms with van der Waals surface area (Å²) in [6.07, 6.45) is 3.11. The molecule has 1 aromatic heterocycles. The third-order valence-electron chi connectivity index (χ3n) is 3.28. The Balaban J connectivity index is 1.98. The predicted octanol–water partition coefficient (Wildman–Crippen LogP) is 3.35. The lowest BCUT2D eigenvalue weighted by Crippen LogP contribution is -2.16. The van der Waals surface area contributed by atoms with Gasteiger partial charge in [-0.05, 0) is 43.2 Å². The van der Waals surface area contributed by atoms with Gasteiger partial charge < -0.3 is 5.11 Å². The van der Waals surface area contributed by atoms with E-state index in [9.17, 15) is 5.11 Å². The van der Waals surface area contributed by atoms with Crippen molar-refractivity contribution >= 4 is 22.9 Å². The maximum absolute atomic E-state index is 9.63. The number of thiophene rings is 1. The molecule has 1 heterocycles. The Labute approximate surface area is 93.7 Å². The van der Waals surface area contributed by atoms with Crippen LogP contribution in [0, 0.1) is 11.8 Å². The van der Waals surface area contributed by atoms with Crippen LogP contribution in [0.1, 0.15) is 24.6 Å². The van der Waals surface area contributed by atoms with E-state index < -0.39 is 0 Å².